The standard InChI is InChI=1S/C19H25N3O7S/c1-12-16(19(24)29-11-10-27-4)13(2)20-17(12)18(23)21-14-6-8-15(9-7-14)30(25,26)22(3)28-5/h6-9,20H,10-11H2,1-5H3,(H,21,23). The fourth-order valence-corrected chi connectivity index (χ4v) is 3.70. The molecule has 0 aliphatic carbocycles. The van der Waals surface area contributed by atoms with Crippen LogP contribution in [0, 0.1) is 13.8 Å². The van der Waals surface area contributed by atoms with Crippen molar-refractivity contribution in [1.82, 2.24) is 9.45 Å². The van der Waals surface area contributed by atoms with Gasteiger partial charge in [0, 0.05) is 25.5 Å². The Kier molecular flexibility index (Phi) is 7.73. The van der Waals surface area contributed by atoms with E-state index in [0.29, 0.717) is 22.5 Å². The highest BCUT2D eigenvalue weighted by molar-refractivity contribution is 7.89. The van der Waals surface area contributed by atoms with E-state index in [1.165, 1.54) is 45.5 Å². The van der Waals surface area contributed by atoms with Crippen molar-refractivity contribution >= 4 is 27.6 Å². The lowest BCUT2D eigenvalue weighted by atomic mass is 10.1. The van der Waals surface area contributed by atoms with Crippen LogP contribution in [0.5, 0.6) is 0 Å². The number of rotatable bonds is 9. The topological polar surface area (TPSA) is 127 Å². The number of hydrogen-bond donors (Lipinski definition) is 2. The Bertz CT molecular complexity index is 1010. The van der Waals surface area contributed by atoms with Crippen molar-refractivity contribution in [3.05, 3.63) is 46.8 Å². The molecule has 0 spiro atoms. The van der Waals surface area contributed by atoms with Crippen LogP contribution in [0.2, 0.25) is 0 Å². The van der Waals surface area contributed by atoms with E-state index in [0.717, 1.165) is 4.47 Å². The predicted molar refractivity (Wildman–Crippen MR) is 109 cm³/mol. The summed E-state index contributed by atoms with van der Waals surface area (Å²) in [7, 11) is 0.240. The third kappa shape index (κ3) is 5.05. The summed E-state index contributed by atoms with van der Waals surface area (Å²) in [5, 5.41) is 2.67. The van der Waals surface area contributed by atoms with Crippen molar-refractivity contribution in [1.29, 1.82) is 0 Å². The van der Waals surface area contributed by atoms with E-state index in [1.54, 1.807) is 13.8 Å². The Hall–Kier alpha value is -2.73. The second kappa shape index (κ2) is 9.85. The highest BCUT2D eigenvalue weighted by atomic mass is 32.2. The van der Waals surface area contributed by atoms with Gasteiger partial charge in [-0.15, -0.1) is 0 Å². The first-order chi connectivity index (χ1) is 14.1. The second-order valence-electron chi connectivity index (χ2n) is 6.33. The summed E-state index contributed by atoms with van der Waals surface area (Å²) >= 11 is 0. The van der Waals surface area contributed by atoms with Crippen molar-refractivity contribution in [2.75, 3.05) is 39.8 Å². The van der Waals surface area contributed by atoms with Gasteiger partial charge in [-0.3, -0.25) is 9.63 Å². The fraction of sp³-hybridized carbons (Fsp3) is 0.368. The molecule has 2 N–H and O–H groups in total. The van der Waals surface area contributed by atoms with Gasteiger partial charge in [0.1, 0.15) is 12.3 Å². The van der Waals surface area contributed by atoms with E-state index in [4.69, 9.17) is 14.3 Å². The van der Waals surface area contributed by atoms with Crippen LogP contribution in [0.25, 0.3) is 0 Å². The van der Waals surface area contributed by atoms with E-state index >= 15 is 0 Å². The number of carbonyl (C=O) groups excluding carboxylic acids is 2. The van der Waals surface area contributed by atoms with E-state index in [2.05, 4.69) is 10.3 Å². The number of anilines is 1. The summed E-state index contributed by atoms with van der Waals surface area (Å²) in [5.41, 5.74) is 1.84. The quantitative estimate of drug-likeness (QED) is 0.347. The van der Waals surface area contributed by atoms with Gasteiger partial charge in [-0.25, -0.2) is 13.2 Å². The molecule has 0 bridgehead atoms. The minimum Gasteiger partial charge on any atom is -0.460 e. The zero-order chi connectivity index (χ0) is 22.5. The Morgan fingerprint density at radius 1 is 1.10 bits per heavy atom. The van der Waals surface area contributed by atoms with Gasteiger partial charge in [-0.05, 0) is 43.7 Å². The van der Waals surface area contributed by atoms with Crippen LogP contribution < -0.4 is 5.32 Å². The van der Waals surface area contributed by atoms with E-state index in [-0.39, 0.29) is 23.8 Å². The van der Waals surface area contributed by atoms with Gasteiger partial charge in [0.25, 0.3) is 15.9 Å². The highest BCUT2D eigenvalue weighted by Crippen LogP contribution is 2.22. The van der Waals surface area contributed by atoms with E-state index in [9.17, 15) is 18.0 Å². The summed E-state index contributed by atoms with van der Waals surface area (Å²) in [6.07, 6.45) is 0. The van der Waals surface area contributed by atoms with Crippen LogP contribution >= 0.6 is 0 Å². The van der Waals surface area contributed by atoms with Gasteiger partial charge >= 0.3 is 5.97 Å². The van der Waals surface area contributed by atoms with Crippen molar-refractivity contribution < 1.29 is 32.3 Å². The molecule has 2 rings (SSSR count). The average Bonchev–Trinajstić information content (AvgIpc) is 3.02. The first-order valence-electron chi connectivity index (χ1n) is 8.93. The maximum atomic E-state index is 12.7. The zero-order valence-electron chi connectivity index (χ0n) is 17.4. The number of carbonyl (C=O) groups is 2. The molecular formula is C19H25N3O7S. The number of aromatic amines is 1. The Labute approximate surface area is 175 Å². The molecule has 1 aromatic carbocycles. The van der Waals surface area contributed by atoms with Crippen LogP contribution in [0.3, 0.4) is 0 Å². The Morgan fingerprint density at radius 3 is 2.30 bits per heavy atom. The smallest absolute Gasteiger partial charge is 0.340 e. The molecular weight excluding hydrogens is 414 g/mol. The number of ether oxygens (including phenoxy) is 2. The SMILES string of the molecule is COCCOC(=O)c1c(C)[nH]c(C(=O)Nc2ccc(S(=O)(=O)N(C)OC)cc2)c1C. The first-order valence-corrected chi connectivity index (χ1v) is 10.4. The first kappa shape index (κ1) is 23.5. The molecule has 1 amide bonds. The number of aromatic nitrogens is 1. The number of H-pyrrole nitrogens is 1. The third-order valence-electron chi connectivity index (χ3n) is 4.39. The summed E-state index contributed by atoms with van der Waals surface area (Å²) in [4.78, 5) is 32.6. The molecule has 164 valence electrons. The molecule has 1 heterocycles. The molecule has 0 atom stereocenters. The monoisotopic (exact) mass is 439 g/mol. The van der Waals surface area contributed by atoms with Gasteiger partial charge in [-0.1, -0.05) is 4.47 Å². The predicted octanol–water partition coefficient (Wildman–Crippen LogP) is 1.87. The van der Waals surface area contributed by atoms with Gasteiger partial charge in [0.05, 0.1) is 24.2 Å². The van der Waals surface area contributed by atoms with Crippen molar-refractivity contribution in [3.63, 3.8) is 0 Å². The van der Waals surface area contributed by atoms with Crippen molar-refractivity contribution in [2.45, 2.75) is 18.7 Å². The lowest BCUT2D eigenvalue weighted by Crippen LogP contribution is -2.25. The molecule has 11 heteroatoms. The Morgan fingerprint density at radius 2 is 1.73 bits per heavy atom. The molecule has 0 radical (unpaired) electrons. The van der Waals surface area contributed by atoms with Gasteiger partial charge in [-0.2, -0.15) is 0 Å². The van der Waals surface area contributed by atoms with E-state index < -0.39 is 21.9 Å². The maximum Gasteiger partial charge on any atom is 0.340 e. The molecule has 0 aliphatic heterocycles. The van der Waals surface area contributed by atoms with Crippen LogP contribution in [0.1, 0.15) is 32.1 Å². The van der Waals surface area contributed by atoms with Gasteiger partial charge in [0.2, 0.25) is 0 Å². The lowest BCUT2D eigenvalue weighted by Gasteiger charge is -2.14. The van der Waals surface area contributed by atoms with Gasteiger partial charge < -0.3 is 19.8 Å². The number of benzene rings is 1. The van der Waals surface area contributed by atoms with Crippen LogP contribution in [0.15, 0.2) is 29.2 Å². The van der Waals surface area contributed by atoms with Crippen LogP contribution in [-0.2, 0) is 24.3 Å². The van der Waals surface area contributed by atoms with Crippen LogP contribution in [0.4, 0.5) is 5.69 Å². The molecule has 0 saturated carbocycles. The number of sulfonamides is 1. The third-order valence-corrected chi connectivity index (χ3v) is 6.09. The highest BCUT2D eigenvalue weighted by Gasteiger charge is 2.24. The minimum absolute atomic E-state index is 0.0119. The second-order valence-corrected chi connectivity index (χ2v) is 8.27. The van der Waals surface area contributed by atoms with Crippen LogP contribution in [-0.4, -0.2) is 64.2 Å². The number of aryl methyl sites for hydroxylation is 1. The summed E-state index contributed by atoms with van der Waals surface area (Å²) in [6, 6.07) is 5.62. The largest absolute Gasteiger partial charge is 0.460 e. The molecule has 0 saturated heterocycles. The van der Waals surface area contributed by atoms with E-state index in [1.807, 2.05) is 0 Å². The molecule has 0 aliphatic rings. The summed E-state index contributed by atoms with van der Waals surface area (Å²) in [6.45, 7) is 3.69. The fourth-order valence-electron chi connectivity index (χ4n) is 2.72. The number of esters is 1. The zero-order valence-corrected chi connectivity index (χ0v) is 18.3. The van der Waals surface area contributed by atoms with Crippen molar-refractivity contribution in [3.8, 4) is 0 Å². The normalized spacial score (nSPS) is 11.5. The molecule has 10 nitrogen and oxygen atoms in total. The number of nitrogens with zero attached hydrogens (tertiary/aromatic N) is 1. The van der Waals surface area contributed by atoms with Crippen molar-refractivity contribution in [2.24, 2.45) is 0 Å². The molecule has 2 aromatic rings. The van der Waals surface area contributed by atoms with Gasteiger partial charge in [0.15, 0.2) is 0 Å². The summed E-state index contributed by atoms with van der Waals surface area (Å²) < 4.78 is 35.2. The molecule has 0 unspecified atom stereocenters. The molecule has 30 heavy (non-hydrogen) atoms. The lowest BCUT2D eigenvalue weighted by molar-refractivity contribution is -0.0258. The molecule has 1 aromatic heterocycles. The number of amides is 1. The number of hydrogen-bond acceptors (Lipinski definition) is 7. The molecule has 0 fully saturated rings. The number of methoxy groups -OCH3 is 1. The summed E-state index contributed by atoms with van der Waals surface area (Å²) in [5.74, 6) is -1.02. The Balaban J connectivity index is 2.17. The minimum atomic E-state index is -3.78. The number of hydroxylamine groups is 1. The maximum absolute atomic E-state index is 12.7. The number of nitrogens with one attached hydrogen (secondary N) is 2. The average molecular weight is 439 g/mol.